The number of ether oxygens (including phenoxy) is 1. The van der Waals surface area contributed by atoms with E-state index in [-0.39, 0.29) is 0 Å². The van der Waals surface area contributed by atoms with Gasteiger partial charge in [0.15, 0.2) is 5.58 Å². The van der Waals surface area contributed by atoms with Crippen molar-refractivity contribution in [2.24, 2.45) is 11.8 Å². The predicted molar refractivity (Wildman–Crippen MR) is 159 cm³/mol. The smallest absolute Gasteiger partial charge is 0.328 e. The first-order valence-electron chi connectivity index (χ1n) is 14.2. The summed E-state index contributed by atoms with van der Waals surface area (Å²) in [6, 6.07) is 8.52. The van der Waals surface area contributed by atoms with Crippen LogP contribution in [0.3, 0.4) is 0 Å². The first-order valence-corrected chi connectivity index (χ1v) is 15.1. The van der Waals surface area contributed by atoms with Crippen molar-refractivity contribution in [3.63, 3.8) is 0 Å². The lowest BCUT2D eigenvalue weighted by Crippen LogP contribution is -2.33. The maximum Gasteiger partial charge on any atom is 0.328 e. The third kappa shape index (κ3) is 9.41. The first kappa shape index (κ1) is 31.2. The SMILES string of the molecule is CN(C)Cc1c(OCC2CC2)ccc2c(CCC3CCN(Cc4csc(C#N)c4)CC3)noc12.O=C(O)/C=C/C(=O)O. The molecule has 0 spiro atoms. The predicted octanol–water partition coefficient (Wildman–Crippen LogP) is 5.17. The number of aromatic nitrogens is 1. The van der Waals surface area contributed by atoms with E-state index >= 15 is 0 Å². The van der Waals surface area contributed by atoms with Gasteiger partial charge >= 0.3 is 11.9 Å². The van der Waals surface area contributed by atoms with Gasteiger partial charge in [-0.05, 0) is 107 Å². The first-order chi connectivity index (χ1) is 20.2. The minimum Gasteiger partial charge on any atom is -0.493 e. The molecule has 1 saturated heterocycles. The van der Waals surface area contributed by atoms with Gasteiger partial charge in [0.25, 0.3) is 0 Å². The Kier molecular flexibility index (Phi) is 11.1. The summed E-state index contributed by atoms with van der Waals surface area (Å²) in [6.07, 6.45) is 8.23. The molecule has 3 heterocycles. The molecule has 0 unspecified atom stereocenters. The van der Waals surface area contributed by atoms with Crippen LogP contribution in [0.15, 0.2) is 40.3 Å². The molecule has 0 bridgehead atoms. The minimum absolute atomic E-state index is 0.558. The number of piperidine rings is 1. The Labute approximate surface area is 249 Å². The fraction of sp³-hybridized carbons (Fsp3) is 0.484. The average Bonchev–Trinajstić information content (AvgIpc) is 3.52. The number of carboxylic acid groups (broad SMARTS) is 2. The normalized spacial score (nSPS) is 16.0. The Morgan fingerprint density at radius 3 is 2.48 bits per heavy atom. The molecule has 1 aliphatic carbocycles. The van der Waals surface area contributed by atoms with Crippen LogP contribution in [-0.2, 0) is 29.1 Å². The van der Waals surface area contributed by atoms with Crippen molar-refractivity contribution < 1.29 is 29.1 Å². The number of aryl methyl sites for hydroxylation is 1. The summed E-state index contributed by atoms with van der Waals surface area (Å²) in [6.45, 7) is 4.79. The number of nitriles is 1. The number of carboxylic acids is 2. The van der Waals surface area contributed by atoms with Crippen molar-refractivity contribution in [2.45, 2.75) is 51.6 Å². The third-order valence-corrected chi connectivity index (χ3v) is 8.34. The van der Waals surface area contributed by atoms with Gasteiger partial charge in [0.05, 0.1) is 17.9 Å². The molecule has 10 nitrogen and oxygen atoms in total. The van der Waals surface area contributed by atoms with E-state index in [0.717, 1.165) is 90.3 Å². The Hall–Kier alpha value is -3.72. The highest BCUT2D eigenvalue weighted by Crippen LogP contribution is 2.35. The van der Waals surface area contributed by atoms with Crippen LogP contribution in [-0.4, -0.2) is 70.9 Å². The molecule has 0 amide bonds. The zero-order chi connectivity index (χ0) is 30.1. The lowest BCUT2D eigenvalue weighted by atomic mass is 9.91. The lowest BCUT2D eigenvalue weighted by Gasteiger charge is -2.31. The Bertz CT molecular complexity index is 1410. The summed E-state index contributed by atoms with van der Waals surface area (Å²) in [5, 5.41) is 32.4. The highest BCUT2D eigenvalue weighted by Gasteiger charge is 2.25. The van der Waals surface area contributed by atoms with E-state index in [2.05, 4.69) is 52.6 Å². The Morgan fingerprint density at radius 2 is 1.88 bits per heavy atom. The summed E-state index contributed by atoms with van der Waals surface area (Å²) < 4.78 is 12.1. The van der Waals surface area contributed by atoms with Gasteiger partial charge in [0, 0.05) is 30.6 Å². The Balaban J connectivity index is 0.000000446. The topological polar surface area (TPSA) is 140 Å². The van der Waals surface area contributed by atoms with Crippen molar-refractivity contribution >= 4 is 34.2 Å². The van der Waals surface area contributed by atoms with E-state index in [4.69, 9.17) is 24.7 Å². The maximum atomic E-state index is 9.55. The fourth-order valence-electron chi connectivity index (χ4n) is 5.06. The van der Waals surface area contributed by atoms with Gasteiger partial charge in [0.1, 0.15) is 16.7 Å². The van der Waals surface area contributed by atoms with E-state index in [1.165, 1.54) is 31.2 Å². The molecular formula is C31H38N4O6S. The van der Waals surface area contributed by atoms with Gasteiger partial charge in [0.2, 0.25) is 0 Å². The molecule has 1 saturated carbocycles. The molecule has 3 aromatic rings. The van der Waals surface area contributed by atoms with Crippen LogP contribution in [0.1, 0.15) is 53.8 Å². The number of benzene rings is 1. The van der Waals surface area contributed by atoms with Gasteiger partial charge in [-0.15, -0.1) is 11.3 Å². The molecule has 2 aromatic heterocycles. The van der Waals surface area contributed by atoms with Gasteiger partial charge in [-0.3, -0.25) is 4.90 Å². The molecule has 0 radical (unpaired) electrons. The van der Waals surface area contributed by atoms with Crippen molar-refractivity contribution in [3.05, 3.63) is 57.4 Å². The summed E-state index contributed by atoms with van der Waals surface area (Å²) in [5.41, 5.74) is 4.35. The number of nitrogens with zero attached hydrogens (tertiary/aromatic N) is 4. The molecule has 2 aliphatic rings. The van der Waals surface area contributed by atoms with E-state index < -0.39 is 11.9 Å². The van der Waals surface area contributed by atoms with Crippen LogP contribution in [0.5, 0.6) is 5.75 Å². The van der Waals surface area contributed by atoms with Gasteiger partial charge in [-0.25, -0.2) is 9.59 Å². The third-order valence-electron chi connectivity index (χ3n) is 7.46. The summed E-state index contributed by atoms with van der Waals surface area (Å²) in [4.78, 5) is 24.6. The molecule has 1 aromatic carbocycles. The van der Waals surface area contributed by atoms with Crippen molar-refractivity contribution in [2.75, 3.05) is 33.8 Å². The highest BCUT2D eigenvalue weighted by molar-refractivity contribution is 7.10. The van der Waals surface area contributed by atoms with E-state index in [0.29, 0.717) is 12.2 Å². The largest absolute Gasteiger partial charge is 0.493 e. The van der Waals surface area contributed by atoms with Gasteiger partial charge < -0.3 is 24.4 Å². The minimum atomic E-state index is -1.26. The Morgan fingerprint density at radius 1 is 1.17 bits per heavy atom. The quantitative estimate of drug-likeness (QED) is 0.270. The second kappa shape index (κ2) is 15.0. The lowest BCUT2D eigenvalue weighted by molar-refractivity contribution is -0.134. The van der Waals surface area contributed by atoms with Crippen molar-refractivity contribution in [1.29, 1.82) is 5.26 Å². The zero-order valence-electron chi connectivity index (χ0n) is 24.1. The number of aliphatic carboxylic acids is 2. The van der Waals surface area contributed by atoms with Crippen LogP contribution in [0.25, 0.3) is 11.0 Å². The van der Waals surface area contributed by atoms with Crippen LogP contribution < -0.4 is 4.74 Å². The summed E-state index contributed by atoms with van der Waals surface area (Å²) in [7, 11) is 4.15. The monoisotopic (exact) mass is 594 g/mol. The van der Waals surface area contributed by atoms with Crippen LogP contribution in [0, 0.1) is 23.2 Å². The maximum absolute atomic E-state index is 9.55. The zero-order valence-corrected chi connectivity index (χ0v) is 24.9. The van der Waals surface area contributed by atoms with Crippen LogP contribution in [0.2, 0.25) is 0 Å². The molecule has 5 rings (SSSR count). The molecule has 11 heteroatoms. The molecule has 2 fully saturated rings. The van der Waals surface area contributed by atoms with Crippen molar-refractivity contribution in [1.82, 2.24) is 15.0 Å². The molecule has 1 aliphatic heterocycles. The number of carbonyl (C=O) groups is 2. The molecule has 2 N–H and O–H groups in total. The highest BCUT2D eigenvalue weighted by atomic mass is 32.1. The average molecular weight is 595 g/mol. The number of likely N-dealkylation sites (tertiary alicyclic amines) is 1. The second-order valence-corrected chi connectivity index (χ2v) is 12.2. The van der Waals surface area contributed by atoms with Crippen molar-refractivity contribution in [3.8, 4) is 11.8 Å². The van der Waals surface area contributed by atoms with Crippen LogP contribution >= 0.6 is 11.3 Å². The van der Waals surface area contributed by atoms with Crippen LogP contribution in [0.4, 0.5) is 0 Å². The number of fused-ring (bicyclic) bond motifs is 1. The number of thiophene rings is 1. The summed E-state index contributed by atoms with van der Waals surface area (Å²) in [5.74, 6) is -0.127. The fourth-order valence-corrected chi connectivity index (χ4v) is 5.75. The molecule has 42 heavy (non-hydrogen) atoms. The summed E-state index contributed by atoms with van der Waals surface area (Å²) >= 11 is 1.54. The van der Waals surface area contributed by atoms with E-state index in [9.17, 15) is 9.59 Å². The number of rotatable bonds is 12. The second-order valence-electron chi connectivity index (χ2n) is 11.2. The molecular weight excluding hydrogens is 556 g/mol. The molecule has 0 atom stereocenters. The molecule has 224 valence electrons. The van der Waals surface area contributed by atoms with E-state index in [1.807, 2.05) is 6.07 Å². The van der Waals surface area contributed by atoms with Gasteiger partial charge in [-0.1, -0.05) is 5.16 Å². The standard InChI is InChI=1S/C27H34N4O2S.C4H4O4/c1-30(2)16-24-26(32-17-20-3-4-20)8-6-23-25(29-33-27(23)24)7-5-19-9-11-31(12-10-19)15-21-13-22(14-28)34-18-21;5-3(6)1-2-4(7)8/h6,8,13,18-20H,3-5,7,9-12,15-17H2,1-2H3;1-2H,(H,5,6)(H,7,8)/b;2-1+. The number of hydrogen-bond acceptors (Lipinski definition) is 9. The van der Waals surface area contributed by atoms with Gasteiger partial charge in [-0.2, -0.15) is 5.26 Å². The number of hydrogen-bond donors (Lipinski definition) is 2. The van der Waals surface area contributed by atoms with E-state index in [1.54, 1.807) is 11.3 Å².